The maximum Gasteiger partial charge on any atom is 0.119 e. The maximum absolute atomic E-state index is 5.40. The molecule has 0 unspecified atom stereocenters. The predicted molar refractivity (Wildman–Crippen MR) is 67.4 cm³/mol. The van der Waals surface area contributed by atoms with Gasteiger partial charge >= 0.3 is 0 Å². The molecular formula is C14H19NO. The normalized spacial score (nSPS) is 10.9. The number of terminal acetylenes is 1. The van der Waals surface area contributed by atoms with Gasteiger partial charge in [-0.1, -0.05) is 18.1 Å². The van der Waals surface area contributed by atoms with Gasteiger partial charge in [0.05, 0.1) is 12.1 Å². The van der Waals surface area contributed by atoms with Crippen LogP contribution in [-0.2, 0) is 6.54 Å². The van der Waals surface area contributed by atoms with Crippen molar-refractivity contribution in [2.24, 2.45) is 0 Å². The van der Waals surface area contributed by atoms with Crippen LogP contribution in [0.5, 0.6) is 5.75 Å². The van der Waals surface area contributed by atoms with E-state index in [1.54, 1.807) is 0 Å². The highest BCUT2D eigenvalue weighted by Crippen LogP contribution is 2.12. The Morgan fingerprint density at radius 1 is 1.31 bits per heavy atom. The van der Waals surface area contributed by atoms with Crippen molar-refractivity contribution in [3.63, 3.8) is 0 Å². The third-order valence-electron chi connectivity index (χ3n) is 2.33. The van der Waals surface area contributed by atoms with Crippen LogP contribution in [0.3, 0.4) is 0 Å². The monoisotopic (exact) mass is 217 g/mol. The van der Waals surface area contributed by atoms with E-state index in [0.29, 0.717) is 6.61 Å². The minimum absolute atomic E-state index is 0.265. The zero-order valence-electron chi connectivity index (χ0n) is 10.2. The number of nitrogens with one attached hydrogen (secondary N) is 1. The molecule has 0 radical (unpaired) electrons. The smallest absolute Gasteiger partial charge is 0.119 e. The molecule has 2 heteroatoms. The van der Waals surface area contributed by atoms with E-state index >= 15 is 0 Å². The van der Waals surface area contributed by atoms with Gasteiger partial charge in [-0.25, -0.2) is 0 Å². The summed E-state index contributed by atoms with van der Waals surface area (Å²) in [5.41, 5.74) is 0.935. The topological polar surface area (TPSA) is 21.3 Å². The van der Waals surface area contributed by atoms with E-state index in [1.165, 1.54) is 5.56 Å². The van der Waals surface area contributed by atoms with E-state index in [9.17, 15) is 0 Å². The van der Waals surface area contributed by atoms with E-state index in [-0.39, 0.29) is 5.54 Å². The molecular weight excluding hydrogens is 198 g/mol. The highest BCUT2D eigenvalue weighted by molar-refractivity contribution is 5.27. The highest BCUT2D eigenvalue weighted by Gasteiger charge is 2.11. The quantitative estimate of drug-likeness (QED) is 0.765. The Morgan fingerprint density at radius 3 is 2.44 bits per heavy atom. The average Bonchev–Trinajstić information content (AvgIpc) is 2.29. The van der Waals surface area contributed by atoms with Crippen molar-refractivity contribution >= 4 is 0 Å². The van der Waals surface area contributed by atoms with E-state index in [1.807, 2.05) is 45.0 Å². The summed E-state index contributed by atoms with van der Waals surface area (Å²) in [4.78, 5) is 0. The first kappa shape index (κ1) is 12.6. The zero-order valence-corrected chi connectivity index (χ0v) is 10.2. The molecule has 0 saturated heterocycles. The molecule has 1 N–H and O–H groups in total. The average molecular weight is 217 g/mol. The largest absolute Gasteiger partial charge is 0.494 e. The lowest BCUT2D eigenvalue weighted by Gasteiger charge is -2.19. The van der Waals surface area contributed by atoms with Crippen molar-refractivity contribution in [2.45, 2.75) is 32.9 Å². The standard InChI is InChI=1S/C14H19NO/c1-5-14(3,4)15-11-12-7-9-13(10-8-12)16-6-2/h1,7-10,15H,6,11H2,2-4H3. The minimum Gasteiger partial charge on any atom is -0.494 e. The molecule has 2 nitrogen and oxygen atoms in total. The molecule has 0 fully saturated rings. The summed E-state index contributed by atoms with van der Waals surface area (Å²) >= 11 is 0. The Morgan fingerprint density at radius 2 is 1.94 bits per heavy atom. The van der Waals surface area contributed by atoms with Crippen LogP contribution in [0.2, 0.25) is 0 Å². The van der Waals surface area contributed by atoms with Gasteiger partial charge in [0.25, 0.3) is 0 Å². The lowest BCUT2D eigenvalue weighted by Crippen LogP contribution is -2.36. The molecule has 16 heavy (non-hydrogen) atoms. The van der Waals surface area contributed by atoms with Gasteiger partial charge < -0.3 is 4.74 Å². The molecule has 1 aromatic carbocycles. The SMILES string of the molecule is C#CC(C)(C)NCc1ccc(OCC)cc1. The summed E-state index contributed by atoms with van der Waals surface area (Å²) in [6.07, 6.45) is 5.40. The molecule has 0 heterocycles. The van der Waals surface area contributed by atoms with Crippen LogP contribution in [0.4, 0.5) is 0 Å². The lowest BCUT2D eigenvalue weighted by atomic mass is 10.1. The first-order valence-electron chi connectivity index (χ1n) is 5.52. The van der Waals surface area contributed by atoms with Gasteiger partial charge in [0.15, 0.2) is 0 Å². The van der Waals surface area contributed by atoms with E-state index in [0.717, 1.165) is 12.3 Å². The van der Waals surface area contributed by atoms with Crippen molar-refractivity contribution < 1.29 is 4.74 Å². The Kier molecular flexibility index (Phi) is 4.39. The van der Waals surface area contributed by atoms with Crippen LogP contribution in [0.15, 0.2) is 24.3 Å². The summed E-state index contributed by atoms with van der Waals surface area (Å²) in [6.45, 7) is 7.42. The number of ether oxygens (including phenoxy) is 1. The summed E-state index contributed by atoms with van der Waals surface area (Å²) in [7, 11) is 0. The number of hydrogen-bond acceptors (Lipinski definition) is 2. The number of rotatable bonds is 5. The van der Waals surface area contributed by atoms with Gasteiger partial charge in [0.2, 0.25) is 0 Å². The van der Waals surface area contributed by atoms with Crippen molar-refractivity contribution in [1.29, 1.82) is 0 Å². The van der Waals surface area contributed by atoms with Gasteiger partial charge in [0.1, 0.15) is 5.75 Å². The van der Waals surface area contributed by atoms with Crippen LogP contribution in [-0.4, -0.2) is 12.1 Å². The van der Waals surface area contributed by atoms with E-state index in [2.05, 4.69) is 11.2 Å². The predicted octanol–water partition coefficient (Wildman–Crippen LogP) is 2.59. The van der Waals surface area contributed by atoms with Gasteiger partial charge in [-0.2, -0.15) is 0 Å². The van der Waals surface area contributed by atoms with E-state index < -0.39 is 0 Å². The third kappa shape index (κ3) is 3.96. The van der Waals surface area contributed by atoms with Crippen LogP contribution < -0.4 is 10.1 Å². The Balaban J connectivity index is 2.53. The Bertz CT molecular complexity index is 359. The molecule has 1 aromatic rings. The van der Waals surface area contributed by atoms with Crippen molar-refractivity contribution in [3.8, 4) is 18.1 Å². The van der Waals surface area contributed by atoms with Gasteiger partial charge in [-0.05, 0) is 38.5 Å². The minimum atomic E-state index is -0.265. The zero-order chi connectivity index (χ0) is 12.0. The molecule has 0 spiro atoms. The van der Waals surface area contributed by atoms with Crippen molar-refractivity contribution in [2.75, 3.05) is 6.61 Å². The molecule has 0 amide bonds. The van der Waals surface area contributed by atoms with Crippen LogP contribution in [0.25, 0.3) is 0 Å². The fraction of sp³-hybridized carbons (Fsp3) is 0.429. The van der Waals surface area contributed by atoms with Crippen LogP contribution in [0.1, 0.15) is 26.3 Å². The fourth-order valence-corrected chi connectivity index (χ4v) is 1.24. The molecule has 0 aliphatic carbocycles. The summed E-state index contributed by atoms with van der Waals surface area (Å²) in [5, 5.41) is 3.30. The molecule has 0 aliphatic heterocycles. The maximum atomic E-state index is 5.40. The van der Waals surface area contributed by atoms with Crippen LogP contribution >= 0.6 is 0 Å². The van der Waals surface area contributed by atoms with Crippen LogP contribution in [0, 0.1) is 12.3 Å². The third-order valence-corrected chi connectivity index (χ3v) is 2.33. The molecule has 0 aliphatic rings. The highest BCUT2D eigenvalue weighted by atomic mass is 16.5. The molecule has 0 atom stereocenters. The molecule has 0 aromatic heterocycles. The second-order valence-electron chi connectivity index (χ2n) is 4.20. The first-order valence-corrected chi connectivity index (χ1v) is 5.52. The second kappa shape index (κ2) is 5.58. The first-order chi connectivity index (χ1) is 7.57. The molecule has 0 bridgehead atoms. The second-order valence-corrected chi connectivity index (χ2v) is 4.20. The van der Waals surface area contributed by atoms with Gasteiger partial charge in [-0.3, -0.25) is 5.32 Å². The van der Waals surface area contributed by atoms with Gasteiger partial charge in [0, 0.05) is 6.54 Å². The summed E-state index contributed by atoms with van der Waals surface area (Å²) in [6, 6.07) is 8.04. The molecule has 86 valence electrons. The number of hydrogen-bond donors (Lipinski definition) is 1. The van der Waals surface area contributed by atoms with Crippen molar-refractivity contribution in [3.05, 3.63) is 29.8 Å². The molecule has 0 saturated carbocycles. The number of benzene rings is 1. The van der Waals surface area contributed by atoms with Gasteiger partial charge in [-0.15, -0.1) is 6.42 Å². The lowest BCUT2D eigenvalue weighted by molar-refractivity contribution is 0.340. The summed E-state index contributed by atoms with van der Waals surface area (Å²) < 4.78 is 5.37. The molecule has 1 rings (SSSR count). The van der Waals surface area contributed by atoms with E-state index in [4.69, 9.17) is 11.2 Å². The fourth-order valence-electron chi connectivity index (χ4n) is 1.24. The Hall–Kier alpha value is -1.46. The Labute approximate surface area is 98.0 Å². The van der Waals surface area contributed by atoms with Crippen molar-refractivity contribution in [1.82, 2.24) is 5.32 Å². The summed E-state index contributed by atoms with van der Waals surface area (Å²) in [5.74, 6) is 3.61.